The van der Waals surface area contributed by atoms with Crippen molar-refractivity contribution < 1.29 is 4.42 Å². The second kappa shape index (κ2) is 12.5. The minimum atomic E-state index is 0.645. The molecule has 0 saturated heterocycles. The number of nitriles is 1. The van der Waals surface area contributed by atoms with Crippen LogP contribution < -0.4 is 0 Å². The number of rotatable bonds is 5. The summed E-state index contributed by atoms with van der Waals surface area (Å²) in [5.74, 6) is 0.677. The van der Waals surface area contributed by atoms with E-state index in [9.17, 15) is 5.26 Å². The summed E-state index contributed by atoms with van der Waals surface area (Å²) in [5.41, 5.74) is 11.7. The van der Waals surface area contributed by atoms with Gasteiger partial charge in [0.2, 0.25) is 0 Å². The fourth-order valence-electron chi connectivity index (χ4n) is 7.44. The van der Waals surface area contributed by atoms with E-state index in [1.807, 2.05) is 54.6 Å². The Bertz CT molecular complexity index is 3060. The number of aromatic nitrogens is 2. The molecule has 2 aromatic heterocycles. The van der Waals surface area contributed by atoms with Crippen molar-refractivity contribution in [3.8, 4) is 62.2 Å². The summed E-state index contributed by atoms with van der Waals surface area (Å²) >= 11 is 0. The van der Waals surface area contributed by atoms with E-state index in [1.165, 1.54) is 0 Å². The number of para-hydroxylation sites is 1. The lowest BCUT2D eigenvalue weighted by Crippen LogP contribution is -1.97. The first-order chi connectivity index (χ1) is 26.2. The van der Waals surface area contributed by atoms with Gasteiger partial charge in [0.25, 0.3) is 0 Å². The van der Waals surface area contributed by atoms with Gasteiger partial charge in [-0.2, -0.15) is 5.26 Å². The molecule has 0 bridgehead atoms. The summed E-state index contributed by atoms with van der Waals surface area (Å²) in [6.45, 7) is 0. The summed E-state index contributed by atoms with van der Waals surface area (Å²) in [5, 5.41) is 16.1. The van der Waals surface area contributed by atoms with Crippen molar-refractivity contribution >= 4 is 43.5 Å². The van der Waals surface area contributed by atoms with Gasteiger partial charge < -0.3 is 4.42 Å². The Kier molecular flexibility index (Phi) is 7.16. The lowest BCUT2D eigenvalue weighted by atomic mass is 9.93. The second-order valence-corrected chi connectivity index (χ2v) is 13.3. The van der Waals surface area contributed by atoms with Gasteiger partial charge in [0.05, 0.1) is 23.0 Å². The van der Waals surface area contributed by atoms with Gasteiger partial charge in [0, 0.05) is 27.5 Å². The number of furan rings is 1. The summed E-state index contributed by atoms with van der Waals surface area (Å²) in [6, 6.07) is 62.8. The molecule has 0 atom stereocenters. The third kappa shape index (κ3) is 5.40. The SMILES string of the molecule is N#Cc1ccc(-c2ccc(-c3cc(-c4ccc5cc(-c6ccc7oc8ccccc8c7c6)ccc5c4)nc(-c4ccccc4)n3)c3ccccc23)cc1. The van der Waals surface area contributed by atoms with E-state index >= 15 is 0 Å². The molecule has 246 valence electrons. The third-order valence-electron chi connectivity index (χ3n) is 10.1. The predicted octanol–water partition coefficient (Wildman–Crippen LogP) is 12.9. The van der Waals surface area contributed by atoms with E-state index in [4.69, 9.17) is 14.4 Å². The van der Waals surface area contributed by atoms with Crippen LogP contribution in [0.1, 0.15) is 5.56 Å². The molecule has 0 unspecified atom stereocenters. The fourth-order valence-corrected chi connectivity index (χ4v) is 7.44. The molecule has 4 heteroatoms. The topological polar surface area (TPSA) is 62.7 Å². The highest BCUT2D eigenvalue weighted by Gasteiger charge is 2.16. The molecule has 0 aliphatic heterocycles. The summed E-state index contributed by atoms with van der Waals surface area (Å²) in [4.78, 5) is 10.3. The minimum Gasteiger partial charge on any atom is -0.456 e. The van der Waals surface area contributed by atoms with Crippen LogP contribution in [0.15, 0.2) is 180 Å². The molecule has 0 amide bonds. The van der Waals surface area contributed by atoms with E-state index < -0.39 is 0 Å². The van der Waals surface area contributed by atoms with Crippen LogP contribution >= 0.6 is 0 Å². The standard InChI is InChI=1S/C49H29N3O/c50-30-31-14-16-32(17-15-31)39-23-24-42(41-11-5-4-10-40(39)41)46-29-45(51-49(52-46)33-8-2-1-3-9-33)38-21-20-34-26-35(18-19-36(34)27-38)37-22-25-48-44(28-37)43-12-6-7-13-47(43)53-48/h1-29H. The monoisotopic (exact) mass is 675 g/mol. The smallest absolute Gasteiger partial charge is 0.160 e. The molecular weight excluding hydrogens is 647 g/mol. The quantitative estimate of drug-likeness (QED) is 0.182. The lowest BCUT2D eigenvalue weighted by Gasteiger charge is -2.14. The first kappa shape index (κ1) is 30.5. The average molecular weight is 676 g/mol. The number of fused-ring (bicyclic) bond motifs is 5. The Morgan fingerprint density at radius 3 is 1.77 bits per heavy atom. The van der Waals surface area contributed by atoms with Gasteiger partial charge in [-0.1, -0.05) is 127 Å². The Morgan fingerprint density at radius 1 is 0.396 bits per heavy atom. The Labute approximate surface area is 305 Å². The van der Waals surface area contributed by atoms with E-state index in [2.05, 4.69) is 127 Å². The molecule has 10 aromatic rings. The van der Waals surface area contributed by atoms with E-state index in [0.29, 0.717) is 11.4 Å². The molecule has 4 nitrogen and oxygen atoms in total. The van der Waals surface area contributed by atoms with Crippen molar-refractivity contribution in [1.82, 2.24) is 9.97 Å². The average Bonchev–Trinajstić information content (AvgIpc) is 3.61. The summed E-state index contributed by atoms with van der Waals surface area (Å²) in [6.07, 6.45) is 0. The van der Waals surface area contributed by atoms with E-state index in [0.717, 1.165) is 93.8 Å². The van der Waals surface area contributed by atoms with Crippen LogP contribution in [0.2, 0.25) is 0 Å². The molecule has 10 rings (SSSR count). The first-order valence-electron chi connectivity index (χ1n) is 17.6. The van der Waals surface area contributed by atoms with Gasteiger partial charge in [-0.15, -0.1) is 0 Å². The molecule has 0 fully saturated rings. The molecule has 0 aliphatic carbocycles. The van der Waals surface area contributed by atoms with Crippen LogP contribution in [0.25, 0.3) is 99.6 Å². The lowest BCUT2D eigenvalue weighted by molar-refractivity contribution is 0.669. The third-order valence-corrected chi connectivity index (χ3v) is 10.1. The van der Waals surface area contributed by atoms with Gasteiger partial charge in [-0.3, -0.25) is 0 Å². The van der Waals surface area contributed by atoms with Crippen LogP contribution in [0.5, 0.6) is 0 Å². The molecule has 0 saturated carbocycles. The van der Waals surface area contributed by atoms with Gasteiger partial charge in [0.15, 0.2) is 5.82 Å². The molecule has 2 heterocycles. The first-order valence-corrected chi connectivity index (χ1v) is 17.6. The summed E-state index contributed by atoms with van der Waals surface area (Å²) in [7, 11) is 0. The highest BCUT2D eigenvalue weighted by Crippen LogP contribution is 2.38. The predicted molar refractivity (Wildman–Crippen MR) is 216 cm³/mol. The van der Waals surface area contributed by atoms with Crippen LogP contribution in [0, 0.1) is 11.3 Å². The molecule has 0 N–H and O–H groups in total. The van der Waals surface area contributed by atoms with Crippen molar-refractivity contribution in [2.24, 2.45) is 0 Å². The molecule has 53 heavy (non-hydrogen) atoms. The van der Waals surface area contributed by atoms with Crippen molar-refractivity contribution in [3.05, 3.63) is 181 Å². The number of benzene rings is 8. The molecule has 0 spiro atoms. The molecular formula is C49H29N3O. The highest BCUT2D eigenvalue weighted by atomic mass is 16.3. The van der Waals surface area contributed by atoms with Crippen LogP contribution in [0.3, 0.4) is 0 Å². The van der Waals surface area contributed by atoms with Crippen molar-refractivity contribution in [2.75, 3.05) is 0 Å². The molecule has 0 aliphatic rings. The second-order valence-electron chi connectivity index (χ2n) is 13.3. The minimum absolute atomic E-state index is 0.645. The van der Waals surface area contributed by atoms with Gasteiger partial charge in [-0.05, 0) is 92.3 Å². The van der Waals surface area contributed by atoms with Crippen molar-refractivity contribution in [1.29, 1.82) is 5.26 Å². The zero-order chi connectivity index (χ0) is 35.3. The number of hydrogen-bond acceptors (Lipinski definition) is 4. The maximum atomic E-state index is 9.33. The molecule has 0 radical (unpaired) electrons. The summed E-state index contributed by atoms with van der Waals surface area (Å²) < 4.78 is 6.07. The van der Waals surface area contributed by atoms with Crippen molar-refractivity contribution in [2.45, 2.75) is 0 Å². The van der Waals surface area contributed by atoms with Crippen molar-refractivity contribution in [3.63, 3.8) is 0 Å². The zero-order valence-corrected chi connectivity index (χ0v) is 28.5. The Hall–Kier alpha value is -7.35. The normalized spacial score (nSPS) is 11.4. The van der Waals surface area contributed by atoms with Crippen LogP contribution in [0.4, 0.5) is 0 Å². The fraction of sp³-hybridized carbons (Fsp3) is 0. The van der Waals surface area contributed by atoms with Gasteiger partial charge in [0.1, 0.15) is 11.2 Å². The molecule has 8 aromatic carbocycles. The van der Waals surface area contributed by atoms with Gasteiger partial charge in [-0.25, -0.2) is 9.97 Å². The van der Waals surface area contributed by atoms with Crippen LogP contribution in [-0.4, -0.2) is 9.97 Å². The number of nitrogens with zero attached hydrogens (tertiary/aromatic N) is 3. The zero-order valence-electron chi connectivity index (χ0n) is 28.5. The highest BCUT2D eigenvalue weighted by molar-refractivity contribution is 6.07. The Morgan fingerprint density at radius 2 is 0.981 bits per heavy atom. The largest absolute Gasteiger partial charge is 0.456 e. The van der Waals surface area contributed by atoms with Crippen LogP contribution in [-0.2, 0) is 0 Å². The maximum absolute atomic E-state index is 9.33. The number of hydrogen-bond donors (Lipinski definition) is 0. The van der Waals surface area contributed by atoms with Gasteiger partial charge >= 0.3 is 0 Å². The Balaban J connectivity index is 1.08. The van der Waals surface area contributed by atoms with E-state index in [1.54, 1.807) is 0 Å². The maximum Gasteiger partial charge on any atom is 0.160 e. The van der Waals surface area contributed by atoms with E-state index in [-0.39, 0.29) is 0 Å².